The third-order valence-corrected chi connectivity index (χ3v) is 3.44. The summed E-state index contributed by atoms with van der Waals surface area (Å²) in [7, 11) is 0. The molecule has 0 saturated carbocycles. The van der Waals surface area contributed by atoms with Crippen molar-refractivity contribution in [2.24, 2.45) is 0 Å². The van der Waals surface area contributed by atoms with Gasteiger partial charge in [-0.05, 0) is 31.5 Å². The molecule has 2 aromatic carbocycles. The highest BCUT2D eigenvalue weighted by Gasteiger charge is 2.20. The van der Waals surface area contributed by atoms with Crippen LogP contribution in [0.5, 0.6) is 11.5 Å². The fourth-order valence-electron chi connectivity index (χ4n) is 2.37. The Morgan fingerprint density at radius 2 is 1.64 bits per heavy atom. The molecule has 0 saturated heterocycles. The lowest BCUT2D eigenvalue weighted by Crippen LogP contribution is -2.02. The van der Waals surface area contributed by atoms with Gasteiger partial charge in [0.25, 0.3) is 0 Å². The molecule has 0 aliphatic carbocycles. The van der Waals surface area contributed by atoms with Gasteiger partial charge in [0.05, 0.1) is 18.8 Å². The Bertz CT molecular complexity index is 659. The van der Waals surface area contributed by atoms with Gasteiger partial charge in [0, 0.05) is 12.5 Å². The number of nitrogens with zero attached hydrogens (tertiary/aromatic N) is 1. The van der Waals surface area contributed by atoms with Crippen molar-refractivity contribution >= 4 is 0 Å². The van der Waals surface area contributed by atoms with Crippen molar-refractivity contribution in [1.82, 2.24) is 0 Å². The van der Waals surface area contributed by atoms with E-state index >= 15 is 0 Å². The Kier molecular flexibility index (Phi) is 5.43. The normalized spacial score (nSPS) is 11.5. The Morgan fingerprint density at radius 3 is 2.23 bits per heavy atom. The smallest absolute Gasteiger partial charge is 0.249 e. The molecule has 3 nitrogen and oxygen atoms in total. The molecule has 1 unspecified atom stereocenters. The monoisotopic (exact) mass is 295 g/mol. The van der Waals surface area contributed by atoms with Gasteiger partial charge >= 0.3 is 0 Å². The largest absolute Gasteiger partial charge is 0.493 e. The third-order valence-electron chi connectivity index (χ3n) is 3.44. The van der Waals surface area contributed by atoms with Crippen molar-refractivity contribution in [2.45, 2.75) is 26.8 Å². The van der Waals surface area contributed by atoms with E-state index in [2.05, 4.69) is 4.85 Å². The van der Waals surface area contributed by atoms with Gasteiger partial charge in [-0.1, -0.05) is 30.3 Å². The highest BCUT2D eigenvalue weighted by molar-refractivity contribution is 5.73. The van der Waals surface area contributed by atoms with Crippen molar-refractivity contribution in [3.8, 4) is 22.6 Å². The maximum absolute atomic E-state index is 7.29. The van der Waals surface area contributed by atoms with Crippen LogP contribution in [0.3, 0.4) is 0 Å². The summed E-state index contributed by atoms with van der Waals surface area (Å²) in [5.74, 6) is 1.55. The number of hydrogen-bond acceptors (Lipinski definition) is 2. The zero-order valence-electron chi connectivity index (χ0n) is 13.3. The van der Waals surface area contributed by atoms with Crippen molar-refractivity contribution < 1.29 is 9.47 Å². The van der Waals surface area contributed by atoms with Gasteiger partial charge < -0.3 is 14.3 Å². The van der Waals surface area contributed by atoms with E-state index in [1.54, 1.807) is 0 Å². The minimum Gasteiger partial charge on any atom is -0.493 e. The predicted octanol–water partition coefficient (Wildman–Crippen LogP) is 5.13. The quantitative estimate of drug-likeness (QED) is 0.689. The fourth-order valence-corrected chi connectivity index (χ4v) is 2.37. The summed E-state index contributed by atoms with van der Waals surface area (Å²) in [5.41, 5.74) is 2.95. The average Bonchev–Trinajstić information content (AvgIpc) is 2.56. The molecule has 0 radical (unpaired) electrons. The lowest BCUT2D eigenvalue weighted by Gasteiger charge is -2.16. The summed E-state index contributed by atoms with van der Waals surface area (Å²) in [6.45, 7) is 14.2. The minimum absolute atomic E-state index is 0.259. The van der Waals surface area contributed by atoms with Crippen LogP contribution in [-0.4, -0.2) is 13.2 Å². The van der Waals surface area contributed by atoms with E-state index in [1.807, 2.05) is 63.2 Å². The van der Waals surface area contributed by atoms with Crippen LogP contribution in [-0.2, 0) is 0 Å². The van der Waals surface area contributed by atoms with Crippen molar-refractivity contribution in [3.05, 3.63) is 59.4 Å². The van der Waals surface area contributed by atoms with E-state index in [1.165, 1.54) is 0 Å². The van der Waals surface area contributed by atoms with Crippen LogP contribution in [0, 0.1) is 6.57 Å². The predicted molar refractivity (Wildman–Crippen MR) is 89.2 cm³/mol. The van der Waals surface area contributed by atoms with Gasteiger partial charge in [0.15, 0.2) is 0 Å². The Morgan fingerprint density at radius 1 is 1.00 bits per heavy atom. The van der Waals surface area contributed by atoms with E-state index in [9.17, 15) is 0 Å². The molecule has 0 heterocycles. The number of benzene rings is 2. The summed E-state index contributed by atoms with van der Waals surface area (Å²) < 4.78 is 11.6. The van der Waals surface area contributed by atoms with Crippen LogP contribution >= 0.6 is 0 Å². The van der Waals surface area contributed by atoms with Gasteiger partial charge in [-0.25, -0.2) is 6.57 Å². The molecule has 2 aromatic rings. The molecule has 1 atom stereocenters. The SMILES string of the molecule is [C-]#[N+]C(C)c1cc(OCC)c(-c2ccccc2)cc1OCC. The third kappa shape index (κ3) is 3.40. The summed E-state index contributed by atoms with van der Waals surface area (Å²) in [6.07, 6.45) is 0. The minimum atomic E-state index is -0.259. The molecule has 0 spiro atoms. The maximum Gasteiger partial charge on any atom is 0.249 e. The zero-order valence-corrected chi connectivity index (χ0v) is 13.3. The van der Waals surface area contributed by atoms with Crippen LogP contribution < -0.4 is 9.47 Å². The van der Waals surface area contributed by atoms with E-state index in [0.29, 0.717) is 13.2 Å². The standard InChI is InChI=1S/C19H21NO2/c1-5-21-18-13-17(15-10-8-7-9-11-15)19(22-6-2)12-16(18)14(3)20-4/h7-14H,5-6H2,1-3H3. The molecule has 3 heteroatoms. The number of ether oxygens (including phenoxy) is 2. The molecule has 0 fully saturated rings. The van der Waals surface area contributed by atoms with Crippen LogP contribution in [0.1, 0.15) is 32.4 Å². The van der Waals surface area contributed by atoms with Crippen LogP contribution in [0.4, 0.5) is 0 Å². The molecule has 114 valence electrons. The average molecular weight is 295 g/mol. The van der Waals surface area contributed by atoms with Crippen molar-refractivity contribution in [2.75, 3.05) is 13.2 Å². The van der Waals surface area contributed by atoms with Crippen molar-refractivity contribution in [3.63, 3.8) is 0 Å². The topological polar surface area (TPSA) is 22.8 Å². The molecule has 2 rings (SSSR count). The highest BCUT2D eigenvalue weighted by Crippen LogP contribution is 2.39. The number of rotatable bonds is 6. The second-order valence-electron chi connectivity index (χ2n) is 4.92. The highest BCUT2D eigenvalue weighted by atomic mass is 16.5. The summed E-state index contributed by atoms with van der Waals surface area (Å²) in [5, 5.41) is 0. The maximum atomic E-state index is 7.29. The zero-order chi connectivity index (χ0) is 15.9. The van der Waals surface area contributed by atoms with Crippen LogP contribution in [0.25, 0.3) is 16.0 Å². The van der Waals surface area contributed by atoms with E-state index in [0.717, 1.165) is 28.2 Å². The summed E-state index contributed by atoms with van der Waals surface area (Å²) in [6, 6.07) is 13.8. The first kappa shape index (κ1) is 15.9. The molecule has 22 heavy (non-hydrogen) atoms. The lowest BCUT2D eigenvalue weighted by molar-refractivity contribution is 0.328. The first-order valence-corrected chi connectivity index (χ1v) is 7.56. The molecule has 0 aliphatic rings. The number of hydrogen-bond donors (Lipinski definition) is 0. The van der Waals surface area contributed by atoms with Gasteiger partial charge in [0.2, 0.25) is 6.04 Å². The molecular formula is C19H21NO2. The molecule has 0 bridgehead atoms. The van der Waals surface area contributed by atoms with Crippen LogP contribution in [0.15, 0.2) is 42.5 Å². The van der Waals surface area contributed by atoms with Crippen molar-refractivity contribution in [1.29, 1.82) is 0 Å². The fraction of sp³-hybridized carbons (Fsp3) is 0.316. The molecule has 0 N–H and O–H groups in total. The molecule has 0 aromatic heterocycles. The van der Waals surface area contributed by atoms with E-state index in [4.69, 9.17) is 16.0 Å². The lowest BCUT2D eigenvalue weighted by atomic mass is 9.99. The van der Waals surface area contributed by atoms with E-state index < -0.39 is 0 Å². The Balaban J connectivity index is 2.62. The Hall–Kier alpha value is -2.47. The first-order valence-electron chi connectivity index (χ1n) is 7.56. The Labute approximate surface area is 132 Å². The van der Waals surface area contributed by atoms with E-state index in [-0.39, 0.29) is 6.04 Å². The summed E-state index contributed by atoms with van der Waals surface area (Å²) in [4.78, 5) is 3.62. The van der Waals surface area contributed by atoms with Gasteiger partial charge in [-0.15, -0.1) is 0 Å². The first-order chi connectivity index (χ1) is 10.7. The second kappa shape index (κ2) is 7.51. The summed E-state index contributed by atoms with van der Waals surface area (Å²) >= 11 is 0. The van der Waals surface area contributed by atoms with Crippen LogP contribution in [0.2, 0.25) is 0 Å². The molecule has 0 amide bonds. The van der Waals surface area contributed by atoms with Gasteiger partial charge in [-0.3, -0.25) is 0 Å². The second-order valence-corrected chi connectivity index (χ2v) is 4.92. The van der Waals surface area contributed by atoms with Gasteiger partial charge in [-0.2, -0.15) is 0 Å². The molecule has 0 aliphatic heterocycles. The van der Waals surface area contributed by atoms with Gasteiger partial charge in [0.1, 0.15) is 11.5 Å². The molecular weight excluding hydrogens is 274 g/mol.